The molecular formula is C15H13BrF3NO. The molecule has 21 heavy (non-hydrogen) atoms. The topological polar surface area (TPSA) is 32.3 Å². The molecule has 2 aromatic rings. The van der Waals surface area contributed by atoms with E-state index in [1.807, 2.05) is 0 Å². The molecule has 0 saturated carbocycles. The van der Waals surface area contributed by atoms with Crippen LogP contribution in [0.25, 0.3) is 0 Å². The summed E-state index contributed by atoms with van der Waals surface area (Å²) in [5.74, 6) is -1.69. The van der Waals surface area contributed by atoms with Gasteiger partial charge in [0.05, 0.1) is 10.6 Å². The lowest BCUT2D eigenvalue weighted by Crippen LogP contribution is -2.14. The van der Waals surface area contributed by atoms with Crippen LogP contribution in [0.1, 0.15) is 17.2 Å². The Morgan fingerprint density at radius 1 is 1.14 bits per heavy atom. The monoisotopic (exact) mass is 359 g/mol. The largest absolute Gasteiger partial charge is 0.386 e. The van der Waals surface area contributed by atoms with E-state index >= 15 is 0 Å². The van der Waals surface area contributed by atoms with Crippen LogP contribution in [0.5, 0.6) is 0 Å². The SMILES string of the molecule is Cc1cc(F)c(Br)cc1NCC(O)c1cc(F)ccc1F. The van der Waals surface area contributed by atoms with E-state index < -0.39 is 23.6 Å². The first-order chi connectivity index (χ1) is 9.88. The number of aliphatic hydroxyl groups excluding tert-OH is 1. The summed E-state index contributed by atoms with van der Waals surface area (Å²) in [6.07, 6.45) is -1.22. The molecule has 2 N–H and O–H groups in total. The van der Waals surface area contributed by atoms with Crippen LogP contribution in [0.4, 0.5) is 18.9 Å². The molecule has 0 radical (unpaired) electrons. The molecule has 0 saturated heterocycles. The standard InChI is InChI=1S/C15H13BrF3NO/c1-8-4-13(19)11(16)6-14(8)20-7-15(21)10-5-9(17)2-3-12(10)18/h2-6,15,20-21H,7H2,1H3. The molecule has 6 heteroatoms. The Balaban J connectivity index is 2.12. The highest BCUT2D eigenvalue weighted by atomic mass is 79.9. The molecule has 112 valence electrons. The van der Waals surface area contributed by atoms with Crippen molar-refractivity contribution in [2.24, 2.45) is 0 Å². The van der Waals surface area contributed by atoms with Crippen molar-refractivity contribution in [2.45, 2.75) is 13.0 Å². The molecule has 0 bridgehead atoms. The molecule has 0 amide bonds. The molecule has 0 aromatic heterocycles. The zero-order valence-corrected chi connectivity index (χ0v) is 12.7. The first-order valence-electron chi connectivity index (χ1n) is 6.21. The van der Waals surface area contributed by atoms with E-state index in [9.17, 15) is 18.3 Å². The van der Waals surface area contributed by atoms with Gasteiger partial charge in [0, 0.05) is 17.8 Å². The maximum atomic E-state index is 13.5. The minimum atomic E-state index is -1.22. The highest BCUT2D eigenvalue weighted by Gasteiger charge is 2.14. The van der Waals surface area contributed by atoms with Gasteiger partial charge in [-0.3, -0.25) is 0 Å². The second kappa shape index (κ2) is 6.49. The average molecular weight is 360 g/mol. The summed E-state index contributed by atoms with van der Waals surface area (Å²) in [7, 11) is 0. The van der Waals surface area contributed by atoms with Gasteiger partial charge in [0.1, 0.15) is 17.5 Å². The first-order valence-corrected chi connectivity index (χ1v) is 7.00. The molecule has 0 aliphatic heterocycles. The Morgan fingerprint density at radius 3 is 2.57 bits per heavy atom. The van der Waals surface area contributed by atoms with Gasteiger partial charge in [0.2, 0.25) is 0 Å². The molecule has 1 unspecified atom stereocenters. The summed E-state index contributed by atoms with van der Waals surface area (Å²) < 4.78 is 40.2. The van der Waals surface area contributed by atoms with Crippen molar-refractivity contribution < 1.29 is 18.3 Å². The highest BCUT2D eigenvalue weighted by Crippen LogP contribution is 2.25. The normalized spacial score (nSPS) is 12.3. The maximum absolute atomic E-state index is 13.5. The number of anilines is 1. The lowest BCUT2D eigenvalue weighted by atomic mass is 10.1. The Labute approximate surface area is 128 Å². The maximum Gasteiger partial charge on any atom is 0.137 e. The van der Waals surface area contributed by atoms with Crippen LogP contribution in [0.3, 0.4) is 0 Å². The molecule has 2 aromatic carbocycles. The Kier molecular flexibility index (Phi) is 4.90. The fraction of sp³-hybridized carbons (Fsp3) is 0.200. The number of hydrogen-bond donors (Lipinski definition) is 2. The van der Waals surface area contributed by atoms with E-state index in [1.54, 1.807) is 6.92 Å². The summed E-state index contributed by atoms with van der Waals surface area (Å²) in [6.45, 7) is 1.67. The Morgan fingerprint density at radius 2 is 1.86 bits per heavy atom. The number of halogens is 4. The van der Waals surface area contributed by atoms with Gasteiger partial charge in [0.25, 0.3) is 0 Å². The van der Waals surface area contributed by atoms with Gasteiger partial charge in [-0.2, -0.15) is 0 Å². The highest BCUT2D eigenvalue weighted by molar-refractivity contribution is 9.10. The van der Waals surface area contributed by atoms with Crippen LogP contribution in [-0.2, 0) is 0 Å². The second-order valence-electron chi connectivity index (χ2n) is 4.64. The van der Waals surface area contributed by atoms with Crippen LogP contribution in [0.2, 0.25) is 0 Å². The van der Waals surface area contributed by atoms with Crippen molar-refractivity contribution in [1.82, 2.24) is 0 Å². The zero-order chi connectivity index (χ0) is 15.6. The number of hydrogen-bond acceptors (Lipinski definition) is 2. The third-order valence-corrected chi connectivity index (χ3v) is 3.68. The van der Waals surface area contributed by atoms with Crippen LogP contribution in [-0.4, -0.2) is 11.7 Å². The lowest BCUT2D eigenvalue weighted by Gasteiger charge is -2.16. The smallest absolute Gasteiger partial charge is 0.137 e. The van der Waals surface area contributed by atoms with Gasteiger partial charge in [-0.15, -0.1) is 0 Å². The third-order valence-electron chi connectivity index (χ3n) is 3.07. The van der Waals surface area contributed by atoms with Crippen molar-refractivity contribution in [2.75, 3.05) is 11.9 Å². The zero-order valence-electron chi connectivity index (χ0n) is 11.1. The number of aliphatic hydroxyl groups is 1. The molecule has 2 rings (SSSR count). The minimum absolute atomic E-state index is 0.0285. The van der Waals surface area contributed by atoms with Gasteiger partial charge in [0.15, 0.2) is 0 Å². The second-order valence-corrected chi connectivity index (χ2v) is 5.50. The van der Waals surface area contributed by atoms with Crippen molar-refractivity contribution in [3.63, 3.8) is 0 Å². The molecule has 0 aliphatic rings. The van der Waals surface area contributed by atoms with Gasteiger partial charge in [-0.25, -0.2) is 13.2 Å². The van der Waals surface area contributed by atoms with E-state index in [0.717, 1.165) is 18.2 Å². The van der Waals surface area contributed by atoms with Crippen LogP contribution in [0, 0.1) is 24.4 Å². The summed E-state index contributed by atoms with van der Waals surface area (Å²) in [6, 6.07) is 5.77. The minimum Gasteiger partial charge on any atom is -0.386 e. The quantitative estimate of drug-likeness (QED) is 0.851. The van der Waals surface area contributed by atoms with E-state index in [0.29, 0.717) is 11.3 Å². The molecular weight excluding hydrogens is 347 g/mol. The van der Waals surface area contributed by atoms with Gasteiger partial charge >= 0.3 is 0 Å². The molecule has 1 atom stereocenters. The summed E-state index contributed by atoms with van der Waals surface area (Å²) >= 11 is 3.07. The van der Waals surface area contributed by atoms with Crippen LogP contribution < -0.4 is 5.32 Å². The van der Waals surface area contributed by atoms with E-state index in [-0.39, 0.29) is 16.6 Å². The van der Waals surface area contributed by atoms with Crippen molar-refractivity contribution >= 4 is 21.6 Å². The fourth-order valence-corrected chi connectivity index (χ4v) is 2.27. The average Bonchev–Trinajstić information content (AvgIpc) is 2.43. The predicted molar refractivity (Wildman–Crippen MR) is 78.6 cm³/mol. The van der Waals surface area contributed by atoms with E-state index in [4.69, 9.17) is 0 Å². The Hall–Kier alpha value is -1.53. The van der Waals surface area contributed by atoms with Gasteiger partial charge in [-0.1, -0.05) is 0 Å². The summed E-state index contributed by atoms with van der Waals surface area (Å²) in [5.41, 5.74) is 1.11. The summed E-state index contributed by atoms with van der Waals surface area (Å²) in [5, 5.41) is 12.8. The van der Waals surface area contributed by atoms with Gasteiger partial charge < -0.3 is 10.4 Å². The van der Waals surface area contributed by atoms with Crippen molar-refractivity contribution in [3.8, 4) is 0 Å². The fourth-order valence-electron chi connectivity index (χ4n) is 1.92. The lowest BCUT2D eigenvalue weighted by molar-refractivity contribution is 0.186. The molecule has 0 heterocycles. The number of rotatable bonds is 4. The molecule has 0 aliphatic carbocycles. The van der Waals surface area contributed by atoms with E-state index in [1.165, 1.54) is 12.1 Å². The van der Waals surface area contributed by atoms with Crippen LogP contribution >= 0.6 is 15.9 Å². The van der Waals surface area contributed by atoms with E-state index in [2.05, 4.69) is 21.2 Å². The predicted octanol–water partition coefficient (Wildman–Crippen LogP) is 4.32. The van der Waals surface area contributed by atoms with Crippen LogP contribution in [0.15, 0.2) is 34.8 Å². The number of nitrogens with one attached hydrogen (secondary N) is 1. The Bertz CT molecular complexity index is 664. The molecule has 0 fully saturated rings. The molecule has 0 spiro atoms. The number of benzene rings is 2. The van der Waals surface area contributed by atoms with Gasteiger partial charge in [-0.05, 0) is 58.7 Å². The number of aryl methyl sites for hydroxylation is 1. The molecule has 2 nitrogen and oxygen atoms in total. The third kappa shape index (κ3) is 3.77. The first kappa shape index (κ1) is 15.9. The summed E-state index contributed by atoms with van der Waals surface area (Å²) in [4.78, 5) is 0. The van der Waals surface area contributed by atoms with Crippen molar-refractivity contribution in [1.29, 1.82) is 0 Å². The van der Waals surface area contributed by atoms with Crippen molar-refractivity contribution in [3.05, 3.63) is 63.4 Å².